The van der Waals surface area contributed by atoms with Gasteiger partial charge in [0.2, 0.25) is 6.79 Å². The minimum Gasteiger partial charge on any atom is -0.458 e. The maximum absolute atomic E-state index is 12.9. The maximum Gasteiger partial charge on any atom is 0.331 e. The summed E-state index contributed by atoms with van der Waals surface area (Å²) in [5, 5.41) is 0. The fourth-order valence-corrected chi connectivity index (χ4v) is 2.20. The summed E-state index contributed by atoms with van der Waals surface area (Å²) in [4.78, 5) is 11.9. The highest BCUT2D eigenvalue weighted by molar-refractivity contribution is 5.90. The van der Waals surface area contributed by atoms with E-state index in [9.17, 15) is 9.18 Å². The van der Waals surface area contributed by atoms with Gasteiger partial charge >= 0.3 is 5.97 Å². The van der Waals surface area contributed by atoms with Gasteiger partial charge in [-0.05, 0) is 47.9 Å². The normalized spacial score (nSPS) is 13.0. The Kier molecular flexibility index (Phi) is 4.28. The Morgan fingerprint density at radius 1 is 1.17 bits per heavy atom. The molecule has 0 fully saturated rings. The zero-order valence-electron chi connectivity index (χ0n) is 12.5. The summed E-state index contributed by atoms with van der Waals surface area (Å²) in [5.74, 6) is 0.570. The second-order valence-corrected chi connectivity index (χ2v) is 5.13. The molecule has 1 aliphatic rings. The highest BCUT2D eigenvalue weighted by atomic mass is 19.1. The molecule has 1 heterocycles. The van der Waals surface area contributed by atoms with Crippen LogP contribution in [0, 0.1) is 5.82 Å². The van der Waals surface area contributed by atoms with Gasteiger partial charge in [-0.1, -0.05) is 18.2 Å². The minimum atomic E-state index is -0.454. The molecule has 4 nitrogen and oxygen atoms in total. The Morgan fingerprint density at radius 2 is 1.91 bits per heavy atom. The summed E-state index contributed by atoms with van der Waals surface area (Å²) >= 11 is 0. The number of carbonyl (C=O) groups excluding carboxylic acids is 1. The first-order chi connectivity index (χ1) is 11.1. The Hall–Kier alpha value is -2.82. The molecule has 0 amide bonds. The van der Waals surface area contributed by atoms with Crippen LogP contribution in [-0.2, 0) is 16.1 Å². The zero-order chi connectivity index (χ0) is 16.2. The van der Waals surface area contributed by atoms with Crippen LogP contribution in [0.1, 0.15) is 18.1 Å². The lowest BCUT2D eigenvalue weighted by molar-refractivity contribution is -0.138. The molecule has 0 spiro atoms. The number of allylic oxidation sites excluding steroid dienone is 1. The monoisotopic (exact) mass is 314 g/mol. The summed E-state index contributed by atoms with van der Waals surface area (Å²) in [6, 6.07) is 11.3. The molecular formula is C18H15FO4. The lowest BCUT2D eigenvalue weighted by Crippen LogP contribution is -2.01. The summed E-state index contributed by atoms with van der Waals surface area (Å²) < 4.78 is 28.6. The standard InChI is InChI=1S/C18H15FO4/c1-12(14-3-5-15(19)6-4-14)8-18(20)21-10-13-2-7-16-17(9-13)23-11-22-16/h2-9H,10-11H2,1H3/b12-8+. The molecule has 0 aliphatic carbocycles. The van der Waals surface area contributed by atoms with Crippen LogP contribution in [0.15, 0.2) is 48.5 Å². The molecule has 0 N–H and O–H groups in total. The van der Waals surface area contributed by atoms with Crippen molar-refractivity contribution in [2.24, 2.45) is 0 Å². The largest absolute Gasteiger partial charge is 0.458 e. The van der Waals surface area contributed by atoms with Crippen molar-refractivity contribution in [3.63, 3.8) is 0 Å². The van der Waals surface area contributed by atoms with E-state index in [0.717, 1.165) is 11.1 Å². The molecule has 0 bridgehead atoms. The van der Waals surface area contributed by atoms with Crippen molar-refractivity contribution in [2.45, 2.75) is 13.5 Å². The van der Waals surface area contributed by atoms with Crippen LogP contribution in [-0.4, -0.2) is 12.8 Å². The number of rotatable bonds is 4. The number of benzene rings is 2. The molecule has 0 atom stereocenters. The van der Waals surface area contributed by atoms with Gasteiger partial charge in [-0.2, -0.15) is 0 Å². The summed E-state index contributed by atoms with van der Waals surface area (Å²) in [5.41, 5.74) is 2.29. The highest BCUT2D eigenvalue weighted by Gasteiger charge is 2.13. The smallest absolute Gasteiger partial charge is 0.331 e. The van der Waals surface area contributed by atoms with E-state index in [2.05, 4.69) is 0 Å². The zero-order valence-corrected chi connectivity index (χ0v) is 12.5. The molecule has 0 saturated heterocycles. The number of carbonyl (C=O) groups is 1. The first kappa shape index (κ1) is 15.1. The van der Waals surface area contributed by atoms with E-state index < -0.39 is 5.97 Å². The molecule has 0 aromatic heterocycles. The van der Waals surface area contributed by atoms with Gasteiger partial charge in [0.25, 0.3) is 0 Å². The summed E-state index contributed by atoms with van der Waals surface area (Å²) in [6.45, 7) is 2.12. The Balaban J connectivity index is 1.60. The van der Waals surface area contributed by atoms with Gasteiger partial charge in [0.05, 0.1) is 0 Å². The Morgan fingerprint density at radius 3 is 2.70 bits per heavy atom. The molecule has 23 heavy (non-hydrogen) atoms. The molecule has 1 aliphatic heterocycles. The topological polar surface area (TPSA) is 44.8 Å². The van der Waals surface area contributed by atoms with Crippen molar-refractivity contribution >= 4 is 11.5 Å². The first-order valence-electron chi connectivity index (χ1n) is 7.11. The lowest BCUT2D eigenvalue weighted by atomic mass is 10.1. The second kappa shape index (κ2) is 6.52. The average Bonchev–Trinajstić information content (AvgIpc) is 3.01. The van der Waals surface area contributed by atoms with Crippen LogP contribution < -0.4 is 9.47 Å². The molecule has 0 saturated carbocycles. The molecule has 2 aromatic rings. The van der Waals surface area contributed by atoms with E-state index in [0.29, 0.717) is 17.1 Å². The van der Waals surface area contributed by atoms with Gasteiger partial charge in [0.15, 0.2) is 11.5 Å². The van der Waals surface area contributed by atoms with Crippen molar-refractivity contribution in [1.29, 1.82) is 0 Å². The van der Waals surface area contributed by atoms with Crippen LogP contribution in [0.5, 0.6) is 11.5 Å². The third kappa shape index (κ3) is 3.69. The number of ether oxygens (including phenoxy) is 3. The third-order valence-electron chi connectivity index (χ3n) is 3.45. The average molecular weight is 314 g/mol. The van der Waals surface area contributed by atoms with Gasteiger partial charge in [0, 0.05) is 6.08 Å². The number of hydrogen-bond acceptors (Lipinski definition) is 4. The molecule has 118 valence electrons. The van der Waals surface area contributed by atoms with Crippen molar-refractivity contribution < 1.29 is 23.4 Å². The number of halogens is 1. The van der Waals surface area contributed by atoms with Gasteiger partial charge in [-0.25, -0.2) is 9.18 Å². The highest BCUT2D eigenvalue weighted by Crippen LogP contribution is 2.32. The van der Waals surface area contributed by atoms with E-state index in [1.54, 1.807) is 31.2 Å². The van der Waals surface area contributed by atoms with E-state index in [1.165, 1.54) is 18.2 Å². The molecule has 3 rings (SSSR count). The molecule has 5 heteroatoms. The lowest BCUT2D eigenvalue weighted by Gasteiger charge is -2.05. The van der Waals surface area contributed by atoms with E-state index >= 15 is 0 Å². The molecular weight excluding hydrogens is 299 g/mol. The van der Waals surface area contributed by atoms with Crippen LogP contribution in [0.25, 0.3) is 5.57 Å². The number of hydrogen-bond donors (Lipinski definition) is 0. The van der Waals surface area contributed by atoms with Crippen LogP contribution in [0.3, 0.4) is 0 Å². The summed E-state index contributed by atoms with van der Waals surface area (Å²) in [6.07, 6.45) is 1.39. The third-order valence-corrected chi connectivity index (χ3v) is 3.45. The number of fused-ring (bicyclic) bond motifs is 1. The van der Waals surface area contributed by atoms with E-state index in [-0.39, 0.29) is 19.2 Å². The Labute approximate surface area is 133 Å². The van der Waals surface area contributed by atoms with Crippen molar-refractivity contribution in [2.75, 3.05) is 6.79 Å². The van der Waals surface area contributed by atoms with Crippen LogP contribution in [0.4, 0.5) is 4.39 Å². The quantitative estimate of drug-likeness (QED) is 0.637. The SMILES string of the molecule is C/C(=C\C(=O)OCc1ccc2c(c1)OCO2)c1ccc(F)cc1. The first-order valence-corrected chi connectivity index (χ1v) is 7.11. The van der Waals surface area contributed by atoms with Gasteiger partial charge < -0.3 is 14.2 Å². The van der Waals surface area contributed by atoms with Crippen LogP contribution >= 0.6 is 0 Å². The van der Waals surface area contributed by atoms with Gasteiger partial charge in [-0.3, -0.25) is 0 Å². The van der Waals surface area contributed by atoms with Gasteiger partial charge in [-0.15, -0.1) is 0 Å². The van der Waals surface area contributed by atoms with Crippen LogP contribution in [0.2, 0.25) is 0 Å². The minimum absolute atomic E-state index is 0.142. The summed E-state index contributed by atoms with van der Waals surface area (Å²) in [7, 11) is 0. The molecule has 0 unspecified atom stereocenters. The maximum atomic E-state index is 12.9. The van der Waals surface area contributed by atoms with Crippen molar-refractivity contribution in [3.05, 3.63) is 65.5 Å². The second-order valence-electron chi connectivity index (χ2n) is 5.13. The van der Waals surface area contributed by atoms with E-state index in [4.69, 9.17) is 14.2 Å². The van der Waals surface area contributed by atoms with Gasteiger partial charge in [0.1, 0.15) is 12.4 Å². The van der Waals surface area contributed by atoms with Crippen molar-refractivity contribution in [1.82, 2.24) is 0 Å². The molecule has 2 aromatic carbocycles. The van der Waals surface area contributed by atoms with E-state index in [1.807, 2.05) is 6.07 Å². The molecule has 0 radical (unpaired) electrons. The Bertz CT molecular complexity index is 750. The number of esters is 1. The predicted molar refractivity (Wildman–Crippen MR) is 82.4 cm³/mol. The fourth-order valence-electron chi connectivity index (χ4n) is 2.20. The predicted octanol–water partition coefficient (Wildman–Crippen LogP) is 3.70. The fraction of sp³-hybridized carbons (Fsp3) is 0.167. The van der Waals surface area contributed by atoms with Crippen molar-refractivity contribution in [3.8, 4) is 11.5 Å².